The molecule has 0 aliphatic carbocycles. The van der Waals surface area contributed by atoms with E-state index < -0.39 is 42.6 Å². The van der Waals surface area contributed by atoms with Crippen LogP contribution in [-0.2, 0) is 13.1 Å². The first kappa shape index (κ1) is 23.6. The molecule has 2 atom stereocenters. The first-order valence-corrected chi connectivity index (χ1v) is 10.3. The van der Waals surface area contributed by atoms with Crippen molar-refractivity contribution in [2.75, 3.05) is 0 Å². The van der Waals surface area contributed by atoms with Crippen LogP contribution >= 0.6 is 46.4 Å². The molecule has 1 heterocycles. The molecule has 0 saturated heterocycles. The van der Waals surface area contributed by atoms with E-state index in [4.69, 9.17) is 46.4 Å². The summed E-state index contributed by atoms with van der Waals surface area (Å²) in [6.45, 7) is -1.30. The topological polar surface area (TPSA) is 64.2 Å². The highest BCUT2D eigenvalue weighted by Gasteiger charge is 2.20. The average molecular weight is 510 g/mol. The van der Waals surface area contributed by atoms with Gasteiger partial charge in [0.15, 0.2) is 0 Å². The van der Waals surface area contributed by atoms with Gasteiger partial charge >= 0.3 is 5.69 Å². The van der Waals surface area contributed by atoms with Gasteiger partial charge < -0.3 is 5.11 Å². The van der Waals surface area contributed by atoms with Crippen molar-refractivity contribution >= 4 is 46.4 Å². The first-order valence-electron chi connectivity index (χ1n) is 8.80. The Labute approximate surface area is 195 Å². The molecule has 0 aliphatic rings. The standard InChI is InChI=1S/C20H14Cl4F2N2O3/c21-12-3-1-10(5-14(12)23)16(25)8-27-18(29)7-19(30)28(20(27)31)9-17(26)11-2-4-13(22)15(24)6-11/h1-7,16-17,29H,8-9H2/t16-,17-/m0/s1. The van der Waals surface area contributed by atoms with Crippen molar-refractivity contribution in [1.29, 1.82) is 0 Å². The van der Waals surface area contributed by atoms with Gasteiger partial charge in [0.2, 0.25) is 5.88 Å². The molecule has 1 aromatic heterocycles. The first-order chi connectivity index (χ1) is 14.6. The number of benzene rings is 2. The van der Waals surface area contributed by atoms with Gasteiger partial charge in [0.1, 0.15) is 12.3 Å². The van der Waals surface area contributed by atoms with Crippen LogP contribution in [-0.4, -0.2) is 14.2 Å². The van der Waals surface area contributed by atoms with Gasteiger partial charge in [0.25, 0.3) is 5.56 Å². The molecule has 5 nitrogen and oxygen atoms in total. The van der Waals surface area contributed by atoms with E-state index in [2.05, 4.69) is 0 Å². The van der Waals surface area contributed by atoms with Gasteiger partial charge in [-0.05, 0) is 35.4 Å². The van der Waals surface area contributed by atoms with Gasteiger partial charge in [-0.1, -0.05) is 58.5 Å². The van der Waals surface area contributed by atoms with Crippen molar-refractivity contribution < 1.29 is 13.9 Å². The van der Waals surface area contributed by atoms with Crippen LogP contribution in [0.15, 0.2) is 52.1 Å². The summed E-state index contributed by atoms with van der Waals surface area (Å²) in [5.74, 6) is -0.751. The van der Waals surface area contributed by atoms with Gasteiger partial charge in [-0.15, -0.1) is 0 Å². The van der Waals surface area contributed by atoms with Gasteiger partial charge in [-0.2, -0.15) is 0 Å². The predicted molar refractivity (Wildman–Crippen MR) is 117 cm³/mol. The lowest BCUT2D eigenvalue weighted by atomic mass is 10.1. The summed E-state index contributed by atoms with van der Waals surface area (Å²) in [4.78, 5) is 24.9. The molecule has 0 amide bonds. The lowest BCUT2D eigenvalue weighted by Crippen LogP contribution is -2.40. The monoisotopic (exact) mass is 508 g/mol. The van der Waals surface area contributed by atoms with E-state index in [1.165, 1.54) is 36.4 Å². The Hall–Kier alpha value is -2.06. The average Bonchev–Trinajstić information content (AvgIpc) is 2.72. The molecule has 2 aromatic carbocycles. The summed E-state index contributed by atoms with van der Waals surface area (Å²) in [5, 5.41) is 10.7. The molecule has 0 aliphatic heterocycles. The molecule has 1 N–H and O–H groups in total. The van der Waals surface area contributed by atoms with Crippen molar-refractivity contribution in [2.24, 2.45) is 0 Å². The second-order valence-corrected chi connectivity index (χ2v) is 8.26. The second kappa shape index (κ2) is 9.61. The molecule has 0 unspecified atom stereocenters. The predicted octanol–water partition coefficient (Wildman–Crippen LogP) is 5.75. The highest BCUT2D eigenvalue weighted by molar-refractivity contribution is 6.42. The van der Waals surface area contributed by atoms with Gasteiger partial charge in [0, 0.05) is 0 Å². The summed E-state index contributed by atoms with van der Waals surface area (Å²) < 4.78 is 30.7. The quantitative estimate of drug-likeness (QED) is 0.460. The van der Waals surface area contributed by atoms with Crippen LogP contribution in [0.25, 0.3) is 0 Å². The van der Waals surface area contributed by atoms with E-state index in [0.717, 1.165) is 0 Å². The molecule has 164 valence electrons. The Kier molecular flexibility index (Phi) is 7.31. The molecule has 11 heteroatoms. The number of aromatic hydroxyl groups is 1. The molecule has 3 aromatic rings. The maximum absolute atomic E-state index is 14.8. The zero-order valence-corrected chi connectivity index (χ0v) is 18.6. The van der Waals surface area contributed by atoms with Crippen molar-refractivity contribution in [1.82, 2.24) is 9.13 Å². The highest BCUT2D eigenvalue weighted by atomic mass is 35.5. The maximum atomic E-state index is 14.8. The zero-order valence-electron chi connectivity index (χ0n) is 15.5. The number of aromatic nitrogens is 2. The Balaban J connectivity index is 1.92. The molecular formula is C20H14Cl4F2N2O3. The molecule has 0 radical (unpaired) electrons. The number of hydrogen-bond donors (Lipinski definition) is 1. The van der Waals surface area contributed by atoms with Crippen LogP contribution in [0.3, 0.4) is 0 Å². The Morgan fingerprint density at radius 3 is 1.65 bits per heavy atom. The molecule has 0 spiro atoms. The second-order valence-electron chi connectivity index (χ2n) is 6.63. The summed E-state index contributed by atoms with van der Waals surface area (Å²) in [7, 11) is 0. The molecule has 0 saturated carbocycles. The normalized spacial score (nSPS) is 13.2. The smallest absolute Gasteiger partial charge is 0.333 e. The highest BCUT2D eigenvalue weighted by Crippen LogP contribution is 2.29. The summed E-state index contributed by atoms with van der Waals surface area (Å²) in [6.07, 6.45) is -3.55. The third-order valence-electron chi connectivity index (χ3n) is 4.55. The number of alkyl halides is 2. The molecule has 31 heavy (non-hydrogen) atoms. The minimum Gasteiger partial charge on any atom is -0.494 e. The number of halogens is 6. The van der Waals surface area contributed by atoms with Gasteiger partial charge in [-0.3, -0.25) is 13.9 Å². The van der Waals surface area contributed by atoms with E-state index >= 15 is 0 Å². The minimum absolute atomic E-state index is 0.0968. The number of hydrogen-bond acceptors (Lipinski definition) is 3. The summed E-state index contributed by atoms with van der Waals surface area (Å²) in [6, 6.07) is 8.79. The fraction of sp³-hybridized carbons (Fsp3) is 0.200. The van der Waals surface area contributed by atoms with Crippen LogP contribution in [0.2, 0.25) is 20.1 Å². The number of nitrogens with zero attached hydrogens (tertiary/aromatic N) is 2. The largest absolute Gasteiger partial charge is 0.494 e. The third kappa shape index (κ3) is 5.23. The van der Waals surface area contributed by atoms with E-state index in [1.807, 2.05) is 0 Å². The van der Waals surface area contributed by atoms with E-state index in [1.54, 1.807) is 0 Å². The lowest BCUT2D eigenvalue weighted by Gasteiger charge is -2.16. The minimum atomic E-state index is -1.78. The number of rotatable bonds is 6. The van der Waals surface area contributed by atoms with Crippen LogP contribution < -0.4 is 11.2 Å². The maximum Gasteiger partial charge on any atom is 0.333 e. The van der Waals surface area contributed by atoms with Crippen molar-refractivity contribution in [3.63, 3.8) is 0 Å². The van der Waals surface area contributed by atoms with Crippen LogP contribution in [0.5, 0.6) is 5.88 Å². The Morgan fingerprint density at radius 1 is 0.742 bits per heavy atom. The van der Waals surface area contributed by atoms with Crippen molar-refractivity contribution in [3.05, 3.63) is 94.5 Å². The molecular weight excluding hydrogens is 496 g/mol. The van der Waals surface area contributed by atoms with Gasteiger partial charge in [-0.25, -0.2) is 13.6 Å². The molecule has 0 fully saturated rings. The fourth-order valence-electron chi connectivity index (χ4n) is 2.89. The van der Waals surface area contributed by atoms with E-state index in [9.17, 15) is 23.5 Å². The Morgan fingerprint density at radius 2 is 1.19 bits per heavy atom. The zero-order chi connectivity index (χ0) is 22.9. The molecule has 3 rings (SSSR count). The van der Waals surface area contributed by atoms with E-state index in [-0.39, 0.29) is 31.2 Å². The lowest BCUT2D eigenvalue weighted by molar-refractivity contribution is 0.261. The molecule has 0 bridgehead atoms. The Bertz CT molecular complexity index is 1250. The SMILES string of the molecule is O=c1cc(O)n(C[C@H](F)c2ccc(Cl)c(Cl)c2)c(=O)n1C[C@H](F)c1ccc(Cl)c(Cl)c1. The van der Waals surface area contributed by atoms with Gasteiger partial charge in [0.05, 0.1) is 39.2 Å². The van der Waals surface area contributed by atoms with E-state index in [0.29, 0.717) is 15.2 Å². The third-order valence-corrected chi connectivity index (χ3v) is 6.03. The summed E-state index contributed by atoms with van der Waals surface area (Å²) in [5.41, 5.74) is -1.81. The van der Waals surface area contributed by atoms with Crippen LogP contribution in [0.1, 0.15) is 23.5 Å². The van der Waals surface area contributed by atoms with Crippen LogP contribution in [0.4, 0.5) is 8.78 Å². The van der Waals surface area contributed by atoms with Crippen LogP contribution in [0, 0.1) is 0 Å². The van der Waals surface area contributed by atoms with Crippen molar-refractivity contribution in [3.8, 4) is 5.88 Å². The summed E-state index contributed by atoms with van der Waals surface area (Å²) >= 11 is 23.4. The fourth-order valence-corrected chi connectivity index (χ4v) is 3.50. The van der Waals surface area contributed by atoms with Crippen molar-refractivity contribution in [2.45, 2.75) is 25.4 Å².